The van der Waals surface area contributed by atoms with Gasteiger partial charge in [0.05, 0.1) is 13.2 Å². The van der Waals surface area contributed by atoms with Crippen LogP contribution in [0.15, 0.2) is 10.9 Å². The van der Waals surface area contributed by atoms with Crippen molar-refractivity contribution in [3.8, 4) is 0 Å². The molecule has 0 bridgehead atoms. The zero-order chi connectivity index (χ0) is 12.8. The van der Waals surface area contributed by atoms with Crippen LogP contribution in [0.5, 0.6) is 0 Å². The molecule has 1 aromatic heterocycles. The molecular weight excluding hydrogens is 294 g/mol. The maximum Gasteiger partial charge on any atom is 0.382 e. The first kappa shape index (κ1) is 14.1. The van der Waals surface area contributed by atoms with E-state index in [0.29, 0.717) is 24.5 Å². The van der Waals surface area contributed by atoms with Crippen molar-refractivity contribution in [1.29, 1.82) is 0 Å². The molecule has 96 valence electrons. The Hall–Kier alpha value is -0.990. The van der Waals surface area contributed by atoms with Gasteiger partial charge in [-0.1, -0.05) is 0 Å². The summed E-state index contributed by atoms with van der Waals surface area (Å²) in [5, 5.41) is 10.6. The maximum absolute atomic E-state index is 10.6. The molecule has 0 saturated carbocycles. The van der Waals surface area contributed by atoms with Crippen LogP contribution >= 0.6 is 15.9 Å². The third-order valence-electron chi connectivity index (χ3n) is 2.16. The van der Waals surface area contributed by atoms with Gasteiger partial charge in [-0.15, -0.1) is 0 Å². The second-order valence-corrected chi connectivity index (χ2v) is 4.26. The summed E-state index contributed by atoms with van der Waals surface area (Å²) >= 11 is 3.18. The van der Waals surface area contributed by atoms with Crippen molar-refractivity contribution < 1.29 is 14.4 Å². The first-order valence-electron chi connectivity index (χ1n) is 4.93. The van der Waals surface area contributed by atoms with Gasteiger partial charge in [0.1, 0.15) is 6.20 Å². The minimum Gasteiger partial charge on any atom is -0.384 e. The summed E-state index contributed by atoms with van der Waals surface area (Å²) in [5.74, 6) is -0.0550. The average molecular weight is 308 g/mol. The van der Waals surface area contributed by atoms with Crippen LogP contribution in [0.4, 0.5) is 5.82 Å². The summed E-state index contributed by atoms with van der Waals surface area (Å²) in [4.78, 5) is 13.8. The highest BCUT2D eigenvalue weighted by Crippen LogP contribution is 2.18. The van der Waals surface area contributed by atoms with Crippen LogP contribution in [-0.4, -0.2) is 41.9 Å². The molecule has 0 unspecified atom stereocenters. The number of halogens is 1. The number of aromatic nitrogens is 2. The average Bonchev–Trinajstić information content (AvgIpc) is 2.61. The normalized spacial score (nSPS) is 11.1. The molecular formula is C9H14BrN3O4. The Morgan fingerprint density at radius 3 is 2.53 bits per heavy atom. The minimum atomic E-state index is -0.525. The number of hydrogen-bond acceptors (Lipinski definition) is 5. The molecule has 1 aromatic rings. The van der Waals surface area contributed by atoms with E-state index in [9.17, 15) is 10.1 Å². The van der Waals surface area contributed by atoms with E-state index in [2.05, 4.69) is 20.9 Å². The summed E-state index contributed by atoms with van der Waals surface area (Å²) in [6.45, 7) is 1.58. The molecule has 0 aromatic carbocycles. The lowest BCUT2D eigenvalue weighted by atomic mass is 10.2. The van der Waals surface area contributed by atoms with Crippen LogP contribution in [0.3, 0.4) is 0 Å². The van der Waals surface area contributed by atoms with Crippen molar-refractivity contribution in [3.05, 3.63) is 21.0 Å². The number of nitro groups is 1. The largest absolute Gasteiger partial charge is 0.384 e. The molecule has 0 N–H and O–H groups in total. The van der Waals surface area contributed by atoms with Gasteiger partial charge in [0.25, 0.3) is 4.73 Å². The molecule has 0 aliphatic rings. The Morgan fingerprint density at radius 2 is 2.12 bits per heavy atom. The van der Waals surface area contributed by atoms with Gasteiger partial charge in [-0.25, -0.2) is 0 Å². The quantitative estimate of drug-likeness (QED) is 0.563. The molecule has 0 saturated heterocycles. The van der Waals surface area contributed by atoms with Crippen LogP contribution in [0.2, 0.25) is 0 Å². The summed E-state index contributed by atoms with van der Waals surface area (Å²) in [5.41, 5.74) is 0. The summed E-state index contributed by atoms with van der Waals surface area (Å²) < 4.78 is 12.2. The second-order valence-electron chi connectivity index (χ2n) is 3.55. The fourth-order valence-electron chi connectivity index (χ4n) is 1.50. The van der Waals surface area contributed by atoms with Gasteiger partial charge < -0.3 is 19.6 Å². The molecule has 0 aliphatic heterocycles. The van der Waals surface area contributed by atoms with Crippen LogP contribution in [0, 0.1) is 16.0 Å². The molecule has 0 spiro atoms. The second kappa shape index (κ2) is 6.67. The maximum atomic E-state index is 10.6. The Morgan fingerprint density at radius 1 is 1.53 bits per heavy atom. The summed E-state index contributed by atoms with van der Waals surface area (Å²) in [6, 6.07) is 0. The van der Waals surface area contributed by atoms with Crippen molar-refractivity contribution >= 4 is 21.7 Å². The fraction of sp³-hybridized carbons (Fsp3) is 0.667. The van der Waals surface area contributed by atoms with Crippen molar-refractivity contribution in [2.24, 2.45) is 5.92 Å². The van der Waals surface area contributed by atoms with E-state index in [0.717, 1.165) is 0 Å². The highest BCUT2D eigenvalue weighted by Gasteiger charge is 2.19. The van der Waals surface area contributed by atoms with E-state index >= 15 is 0 Å². The molecule has 8 heteroatoms. The van der Waals surface area contributed by atoms with Crippen LogP contribution < -0.4 is 0 Å². The molecule has 0 fully saturated rings. The Balaban J connectivity index is 2.74. The molecule has 1 heterocycles. The van der Waals surface area contributed by atoms with Gasteiger partial charge in [0, 0.05) is 42.6 Å². The van der Waals surface area contributed by atoms with Gasteiger partial charge in [-0.3, -0.25) is 4.57 Å². The Labute approximate surface area is 107 Å². The zero-order valence-corrected chi connectivity index (χ0v) is 11.2. The molecule has 0 aliphatic carbocycles. The number of hydrogen-bond donors (Lipinski definition) is 0. The Bertz CT molecular complexity index is 376. The minimum absolute atomic E-state index is 0.120. The SMILES string of the molecule is COCC(COC)Cn1cc([N+](=O)[O-])nc1Br. The number of ether oxygens (including phenoxy) is 2. The molecule has 1 rings (SSSR count). The van der Waals surface area contributed by atoms with E-state index in [1.165, 1.54) is 6.20 Å². The standard InChI is InChI=1S/C9H14BrN3O4/c1-16-5-7(6-17-2)3-12-4-8(13(14)15)11-9(12)10/h4,7H,3,5-6H2,1-2H3. The fourth-order valence-corrected chi connectivity index (χ4v) is 1.93. The lowest BCUT2D eigenvalue weighted by Gasteiger charge is -2.14. The van der Waals surface area contributed by atoms with Crippen LogP contribution in [0.1, 0.15) is 0 Å². The number of methoxy groups -OCH3 is 2. The summed E-state index contributed by atoms with van der Waals surface area (Å²) in [7, 11) is 3.21. The number of imidazole rings is 1. The predicted octanol–water partition coefficient (Wildman–Crippen LogP) is 1.46. The van der Waals surface area contributed by atoms with Gasteiger partial charge in [0.2, 0.25) is 0 Å². The molecule has 0 atom stereocenters. The van der Waals surface area contributed by atoms with Crippen molar-refractivity contribution in [3.63, 3.8) is 0 Å². The smallest absolute Gasteiger partial charge is 0.382 e. The highest BCUT2D eigenvalue weighted by atomic mass is 79.9. The van der Waals surface area contributed by atoms with E-state index < -0.39 is 4.92 Å². The van der Waals surface area contributed by atoms with Crippen LogP contribution in [-0.2, 0) is 16.0 Å². The first-order chi connectivity index (χ1) is 8.08. The van der Waals surface area contributed by atoms with Gasteiger partial charge in [-0.2, -0.15) is 0 Å². The lowest BCUT2D eigenvalue weighted by molar-refractivity contribution is -0.389. The van der Waals surface area contributed by atoms with Crippen molar-refractivity contribution in [1.82, 2.24) is 9.55 Å². The molecule has 17 heavy (non-hydrogen) atoms. The van der Waals surface area contributed by atoms with Crippen molar-refractivity contribution in [2.45, 2.75) is 6.54 Å². The zero-order valence-electron chi connectivity index (χ0n) is 9.63. The predicted molar refractivity (Wildman–Crippen MR) is 63.8 cm³/mol. The Kier molecular flexibility index (Phi) is 5.52. The third kappa shape index (κ3) is 4.06. The van der Waals surface area contributed by atoms with E-state index in [1.54, 1.807) is 18.8 Å². The van der Waals surface area contributed by atoms with E-state index in [-0.39, 0.29) is 11.7 Å². The molecule has 7 nitrogen and oxygen atoms in total. The van der Waals surface area contributed by atoms with Gasteiger partial charge in [0.15, 0.2) is 0 Å². The first-order valence-corrected chi connectivity index (χ1v) is 5.72. The number of rotatable bonds is 7. The van der Waals surface area contributed by atoms with Gasteiger partial charge >= 0.3 is 5.82 Å². The third-order valence-corrected chi connectivity index (χ3v) is 2.79. The lowest BCUT2D eigenvalue weighted by Crippen LogP contribution is -2.20. The topological polar surface area (TPSA) is 79.4 Å². The van der Waals surface area contributed by atoms with E-state index in [4.69, 9.17) is 9.47 Å². The summed E-state index contributed by atoms with van der Waals surface area (Å²) in [6.07, 6.45) is 1.39. The van der Waals surface area contributed by atoms with Crippen molar-refractivity contribution in [2.75, 3.05) is 27.4 Å². The molecule has 0 amide bonds. The van der Waals surface area contributed by atoms with Crippen LogP contribution in [0.25, 0.3) is 0 Å². The van der Waals surface area contributed by atoms with E-state index in [1.807, 2.05) is 0 Å². The highest BCUT2D eigenvalue weighted by molar-refractivity contribution is 9.10. The van der Waals surface area contributed by atoms with Gasteiger partial charge in [-0.05, 0) is 9.91 Å². The molecule has 0 radical (unpaired) electrons. The number of nitrogens with zero attached hydrogens (tertiary/aromatic N) is 3. The monoisotopic (exact) mass is 307 g/mol.